The van der Waals surface area contributed by atoms with Crippen LogP contribution in [-0.2, 0) is 21.4 Å². The van der Waals surface area contributed by atoms with Crippen LogP contribution in [0.4, 0.5) is 9.57 Å². The Morgan fingerprint density at radius 1 is 1.40 bits per heavy atom. The monoisotopic (exact) mass is 293 g/mol. The lowest BCUT2D eigenvalue weighted by molar-refractivity contribution is -0.115. The zero-order valence-electron chi connectivity index (χ0n) is 7.25. The lowest BCUT2D eigenvalue weighted by Gasteiger charge is -2.03. The van der Waals surface area contributed by atoms with Crippen molar-refractivity contribution in [2.75, 3.05) is 5.32 Å². The fraction of sp³-hybridized carbons (Fsp3) is 0.125. The van der Waals surface area contributed by atoms with E-state index in [4.69, 9.17) is 0 Å². The number of fused-ring (bicyclic) bond motifs is 1. The number of carbonyl (C=O) groups excluding carboxylic acids is 1. The molecule has 2 rings (SSSR count). The molecule has 4 nitrogen and oxygen atoms in total. The predicted octanol–water partition coefficient (Wildman–Crippen LogP) is 1.60. The number of nitrogens with one attached hydrogen (secondary N) is 1. The molecule has 0 unspecified atom stereocenters. The average molecular weight is 294 g/mol. The van der Waals surface area contributed by atoms with Gasteiger partial charge < -0.3 is 5.32 Å². The minimum Gasteiger partial charge on any atom is -0.325 e. The van der Waals surface area contributed by atoms with E-state index in [2.05, 4.69) is 21.2 Å². The highest BCUT2D eigenvalue weighted by molar-refractivity contribution is 9.10. The molecule has 0 atom stereocenters. The quantitative estimate of drug-likeness (QED) is 0.800. The number of anilines is 1. The van der Waals surface area contributed by atoms with E-state index in [-0.39, 0.29) is 16.8 Å². The Morgan fingerprint density at radius 2 is 2.07 bits per heavy atom. The number of hydrogen-bond acceptors (Lipinski definition) is 3. The largest absolute Gasteiger partial charge is 0.333 e. The van der Waals surface area contributed by atoms with Crippen LogP contribution in [0.3, 0.4) is 0 Å². The normalized spacial score (nSPS) is 14.9. The molecule has 1 amide bonds. The SMILES string of the molecule is O=C1Cc2cc(S(=O)(=O)F)c(Br)cc2N1. The minimum atomic E-state index is -4.76. The molecular formula is C8H5BrFNO3S. The Labute approximate surface area is 93.8 Å². The molecular weight excluding hydrogens is 289 g/mol. The van der Waals surface area contributed by atoms with Gasteiger partial charge in [-0.3, -0.25) is 4.79 Å². The van der Waals surface area contributed by atoms with E-state index in [0.717, 1.165) is 6.07 Å². The zero-order valence-corrected chi connectivity index (χ0v) is 9.65. The lowest BCUT2D eigenvalue weighted by Crippen LogP contribution is -2.03. The van der Waals surface area contributed by atoms with Gasteiger partial charge in [0.25, 0.3) is 0 Å². The number of rotatable bonds is 1. The van der Waals surface area contributed by atoms with Crippen molar-refractivity contribution in [3.05, 3.63) is 22.2 Å². The summed E-state index contributed by atoms with van der Waals surface area (Å²) in [5, 5.41) is 2.53. The van der Waals surface area contributed by atoms with E-state index in [1.807, 2.05) is 0 Å². The van der Waals surface area contributed by atoms with Crippen molar-refractivity contribution in [2.45, 2.75) is 11.3 Å². The molecule has 1 aliphatic heterocycles. The minimum absolute atomic E-state index is 0.0745. The summed E-state index contributed by atoms with van der Waals surface area (Å²) in [6, 6.07) is 2.54. The molecule has 0 radical (unpaired) electrons. The third kappa shape index (κ3) is 1.89. The van der Waals surface area contributed by atoms with Gasteiger partial charge in [-0.05, 0) is 33.6 Å². The summed E-state index contributed by atoms with van der Waals surface area (Å²) < 4.78 is 34.4. The first-order valence-electron chi connectivity index (χ1n) is 3.95. The molecule has 7 heteroatoms. The third-order valence-corrected chi connectivity index (χ3v) is 3.83. The fourth-order valence-corrected chi connectivity index (χ4v) is 2.91. The van der Waals surface area contributed by atoms with Gasteiger partial charge in [-0.2, -0.15) is 8.42 Å². The van der Waals surface area contributed by atoms with E-state index in [1.165, 1.54) is 6.07 Å². The maximum atomic E-state index is 12.8. The van der Waals surface area contributed by atoms with Crippen molar-refractivity contribution in [2.24, 2.45) is 0 Å². The Kier molecular flexibility index (Phi) is 2.31. The van der Waals surface area contributed by atoms with Gasteiger partial charge in [0.15, 0.2) is 0 Å². The summed E-state index contributed by atoms with van der Waals surface area (Å²) >= 11 is 2.94. The maximum Gasteiger partial charge on any atom is 0.333 e. The van der Waals surface area contributed by atoms with E-state index < -0.39 is 15.1 Å². The smallest absolute Gasteiger partial charge is 0.325 e. The summed E-state index contributed by atoms with van der Waals surface area (Å²) in [7, 11) is -4.76. The number of hydrogen-bond donors (Lipinski definition) is 1. The molecule has 0 fully saturated rings. The van der Waals surface area contributed by atoms with Crippen LogP contribution in [0.15, 0.2) is 21.5 Å². The topological polar surface area (TPSA) is 63.2 Å². The van der Waals surface area contributed by atoms with Crippen molar-refractivity contribution in [3.8, 4) is 0 Å². The average Bonchev–Trinajstić information content (AvgIpc) is 2.40. The van der Waals surface area contributed by atoms with Crippen LogP contribution in [0.25, 0.3) is 0 Å². The van der Waals surface area contributed by atoms with Crippen molar-refractivity contribution in [3.63, 3.8) is 0 Å². The standard InChI is InChI=1S/C8H5BrFNO3S/c9-5-3-6-4(2-8(12)11-6)1-7(5)15(10,13)14/h1,3H,2H2,(H,11,12). The Hall–Kier alpha value is -0.950. The molecule has 1 aromatic rings. The van der Waals surface area contributed by atoms with E-state index in [0.29, 0.717) is 11.3 Å². The predicted molar refractivity (Wildman–Crippen MR) is 54.8 cm³/mol. The molecule has 0 spiro atoms. The molecule has 0 aromatic heterocycles. The number of carbonyl (C=O) groups is 1. The second-order valence-corrected chi connectivity index (χ2v) is 5.27. The van der Waals surface area contributed by atoms with Gasteiger partial charge in [0.05, 0.1) is 6.42 Å². The summed E-state index contributed by atoms with van der Waals surface area (Å²) in [6.45, 7) is 0. The highest BCUT2D eigenvalue weighted by Gasteiger charge is 2.24. The van der Waals surface area contributed by atoms with Gasteiger partial charge in [0, 0.05) is 10.2 Å². The van der Waals surface area contributed by atoms with Crippen LogP contribution >= 0.6 is 15.9 Å². The Bertz CT molecular complexity index is 555. The highest BCUT2D eigenvalue weighted by atomic mass is 79.9. The summed E-state index contributed by atoms with van der Waals surface area (Å²) in [6.07, 6.45) is 0.0745. The first-order valence-corrected chi connectivity index (χ1v) is 6.12. The zero-order chi connectivity index (χ0) is 11.2. The van der Waals surface area contributed by atoms with Gasteiger partial charge in [-0.15, -0.1) is 3.89 Å². The van der Waals surface area contributed by atoms with Crippen molar-refractivity contribution >= 4 is 37.7 Å². The third-order valence-electron chi connectivity index (χ3n) is 2.05. The molecule has 1 N–H and O–H groups in total. The first kappa shape index (κ1) is 10.6. The molecule has 1 aromatic carbocycles. The maximum absolute atomic E-state index is 12.8. The van der Waals surface area contributed by atoms with Gasteiger partial charge in [0.1, 0.15) is 4.90 Å². The van der Waals surface area contributed by atoms with Gasteiger partial charge in [-0.1, -0.05) is 0 Å². The molecule has 80 valence electrons. The first-order chi connectivity index (χ1) is 6.88. The van der Waals surface area contributed by atoms with Crippen LogP contribution in [0.5, 0.6) is 0 Å². The Balaban J connectivity index is 2.64. The number of benzene rings is 1. The number of amides is 1. The molecule has 0 saturated heterocycles. The summed E-state index contributed by atoms with van der Waals surface area (Å²) in [4.78, 5) is 10.6. The van der Waals surface area contributed by atoms with Crippen LogP contribution in [-0.4, -0.2) is 14.3 Å². The highest BCUT2D eigenvalue weighted by Crippen LogP contribution is 2.33. The van der Waals surface area contributed by atoms with Crippen LogP contribution < -0.4 is 5.32 Å². The van der Waals surface area contributed by atoms with E-state index >= 15 is 0 Å². The summed E-state index contributed by atoms with van der Waals surface area (Å²) in [5.41, 5.74) is 0.999. The molecule has 1 aliphatic rings. The molecule has 1 heterocycles. The molecule has 15 heavy (non-hydrogen) atoms. The van der Waals surface area contributed by atoms with E-state index in [1.54, 1.807) is 0 Å². The second-order valence-electron chi connectivity index (χ2n) is 3.10. The van der Waals surface area contributed by atoms with Crippen LogP contribution in [0.1, 0.15) is 5.56 Å². The van der Waals surface area contributed by atoms with E-state index in [9.17, 15) is 17.1 Å². The van der Waals surface area contributed by atoms with Crippen molar-refractivity contribution < 1.29 is 17.1 Å². The van der Waals surface area contributed by atoms with Gasteiger partial charge in [-0.25, -0.2) is 0 Å². The molecule has 0 saturated carbocycles. The van der Waals surface area contributed by atoms with Crippen LogP contribution in [0, 0.1) is 0 Å². The van der Waals surface area contributed by atoms with Gasteiger partial charge in [0.2, 0.25) is 5.91 Å². The molecule has 0 bridgehead atoms. The fourth-order valence-electron chi connectivity index (χ4n) is 1.41. The second kappa shape index (κ2) is 3.28. The Morgan fingerprint density at radius 3 is 2.67 bits per heavy atom. The summed E-state index contributed by atoms with van der Waals surface area (Å²) in [5.74, 6) is -0.231. The van der Waals surface area contributed by atoms with Crippen molar-refractivity contribution in [1.29, 1.82) is 0 Å². The van der Waals surface area contributed by atoms with Crippen molar-refractivity contribution in [1.82, 2.24) is 0 Å². The van der Waals surface area contributed by atoms with Gasteiger partial charge >= 0.3 is 10.2 Å². The number of halogens is 2. The lowest BCUT2D eigenvalue weighted by atomic mass is 10.2. The van der Waals surface area contributed by atoms with Crippen LogP contribution in [0.2, 0.25) is 0 Å². The molecule has 0 aliphatic carbocycles.